The first-order chi connectivity index (χ1) is 19.5. The molecule has 0 heterocycles. The predicted octanol–water partition coefficient (Wildman–Crippen LogP) is 6.47. The largest absolute Gasteiger partial charge is 0.506 e. The Morgan fingerprint density at radius 2 is 0.929 bits per heavy atom. The van der Waals surface area contributed by atoms with Gasteiger partial charge < -0.3 is 32.3 Å². The summed E-state index contributed by atoms with van der Waals surface area (Å²) in [5, 5.41) is 23.8. The molecular formula is C28H20F6N4O4. The van der Waals surface area contributed by atoms with Crippen LogP contribution in [-0.2, 0) is 12.4 Å². The summed E-state index contributed by atoms with van der Waals surface area (Å²) in [6, 6.07) is 11.3. The third-order valence-electron chi connectivity index (χ3n) is 6.04. The molecule has 4 rings (SSSR count). The molecule has 0 saturated heterocycles. The quantitative estimate of drug-likeness (QED) is 0.0891. The van der Waals surface area contributed by atoms with Crippen molar-refractivity contribution in [3.05, 3.63) is 95.1 Å². The molecule has 0 bridgehead atoms. The Hall–Kier alpha value is -5.40. The van der Waals surface area contributed by atoms with E-state index in [-0.39, 0.29) is 33.9 Å². The van der Waals surface area contributed by atoms with Crippen LogP contribution in [-0.4, -0.2) is 22.0 Å². The van der Waals surface area contributed by atoms with Gasteiger partial charge in [0.2, 0.25) is 0 Å². The van der Waals surface area contributed by atoms with Crippen molar-refractivity contribution < 1.29 is 46.1 Å². The van der Waals surface area contributed by atoms with Crippen molar-refractivity contribution in [2.75, 3.05) is 22.1 Å². The van der Waals surface area contributed by atoms with E-state index in [1.165, 1.54) is 24.3 Å². The third-order valence-corrected chi connectivity index (χ3v) is 6.04. The maximum Gasteiger partial charge on any atom is 0.417 e. The van der Waals surface area contributed by atoms with Crippen LogP contribution in [0.2, 0.25) is 0 Å². The van der Waals surface area contributed by atoms with E-state index in [1.54, 1.807) is 0 Å². The molecule has 2 amide bonds. The Morgan fingerprint density at radius 3 is 1.24 bits per heavy atom. The molecule has 4 aromatic rings. The van der Waals surface area contributed by atoms with Crippen molar-refractivity contribution in [2.24, 2.45) is 0 Å². The predicted molar refractivity (Wildman–Crippen MR) is 143 cm³/mol. The van der Waals surface area contributed by atoms with Crippen molar-refractivity contribution in [3.63, 3.8) is 0 Å². The summed E-state index contributed by atoms with van der Waals surface area (Å²) in [5.41, 5.74) is 5.24. The van der Waals surface area contributed by atoms with Gasteiger partial charge in [-0.25, -0.2) is 0 Å². The van der Waals surface area contributed by atoms with E-state index in [9.17, 15) is 46.1 Å². The van der Waals surface area contributed by atoms with Crippen LogP contribution < -0.4 is 22.1 Å². The number of aromatic hydroxyl groups is 2. The van der Waals surface area contributed by atoms with Crippen molar-refractivity contribution in [1.29, 1.82) is 0 Å². The summed E-state index contributed by atoms with van der Waals surface area (Å²) in [6.07, 6.45) is -10.3. The minimum Gasteiger partial charge on any atom is -0.506 e. The molecule has 14 heteroatoms. The zero-order chi connectivity index (χ0) is 31.0. The topological polar surface area (TPSA) is 151 Å². The summed E-state index contributed by atoms with van der Waals surface area (Å²) in [5.74, 6) is -2.67. The minimum atomic E-state index is -5.14. The third kappa shape index (κ3) is 6.32. The monoisotopic (exact) mass is 590 g/mol. The number of hydrogen-bond acceptors (Lipinski definition) is 6. The number of halogens is 6. The number of rotatable bonds is 5. The molecule has 0 aromatic heterocycles. The number of amides is 2. The summed E-state index contributed by atoms with van der Waals surface area (Å²) < 4.78 is 84.4. The van der Waals surface area contributed by atoms with E-state index in [0.29, 0.717) is 12.1 Å². The highest BCUT2D eigenvalue weighted by Gasteiger charge is 2.39. The average molecular weight is 590 g/mol. The molecular weight excluding hydrogens is 570 g/mol. The number of carbonyl (C=O) groups is 2. The fourth-order valence-electron chi connectivity index (χ4n) is 3.96. The zero-order valence-electron chi connectivity index (χ0n) is 21.1. The molecule has 4 aromatic carbocycles. The van der Waals surface area contributed by atoms with Gasteiger partial charge in [0, 0.05) is 22.5 Å². The van der Waals surface area contributed by atoms with E-state index in [0.717, 1.165) is 36.4 Å². The van der Waals surface area contributed by atoms with Crippen molar-refractivity contribution >= 4 is 34.6 Å². The second-order valence-corrected chi connectivity index (χ2v) is 8.97. The van der Waals surface area contributed by atoms with Gasteiger partial charge in [-0.1, -0.05) is 12.1 Å². The highest BCUT2D eigenvalue weighted by Crippen LogP contribution is 2.44. The first-order valence-corrected chi connectivity index (χ1v) is 11.8. The number of phenolic OH excluding ortho intramolecular Hbond substituents is 2. The van der Waals surface area contributed by atoms with Crippen LogP contribution in [0.3, 0.4) is 0 Å². The number of carbonyl (C=O) groups excluding carboxylic acids is 2. The lowest BCUT2D eigenvalue weighted by Gasteiger charge is -2.20. The molecule has 8 nitrogen and oxygen atoms in total. The van der Waals surface area contributed by atoms with Crippen LogP contribution in [0.4, 0.5) is 49.1 Å². The second kappa shape index (κ2) is 10.9. The molecule has 0 fully saturated rings. The molecule has 218 valence electrons. The summed E-state index contributed by atoms with van der Waals surface area (Å²) in [7, 11) is 0. The molecule has 0 aliphatic carbocycles. The number of benzene rings is 4. The molecule has 0 radical (unpaired) electrons. The average Bonchev–Trinajstić information content (AvgIpc) is 2.90. The van der Waals surface area contributed by atoms with Gasteiger partial charge in [-0.05, 0) is 71.8 Å². The zero-order valence-corrected chi connectivity index (χ0v) is 21.1. The maximum atomic E-state index is 14.1. The number of alkyl halides is 6. The Kier molecular flexibility index (Phi) is 7.66. The normalized spacial score (nSPS) is 11.7. The fraction of sp³-hybridized carbons (Fsp3) is 0.0714. The van der Waals surface area contributed by atoms with Gasteiger partial charge in [-0.3, -0.25) is 9.59 Å². The van der Waals surface area contributed by atoms with Crippen LogP contribution >= 0.6 is 0 Å². The Balaban J connectivity index is 1.71. The lowest BCUT2D eigenvalue weighted by atomic mass is 9.93. The van der Waals surface area contributed by atoms with Crippen molar-refractivity contribution in [3.8, 4) is 22.6 Å². The first kappa shape index (κ1) is 29.6. The minimum absolute atomic E-state index is 0.0362. The van der Waals surface area contributed by atoms with Crippen molar-refractivity contribution in [1.82, 2.24) is 0 Å². The van der Waals surface area contributed by atoms with Gasteiger partial charge in [-0.15, -0.1) is 0 Å². The lowest BCUT2D eigenvalue weighted by Crippen LogP contribution is -2.16. The Bertz CT molecular complexity index is 1580. The molecule has 8 N–H and O–H groups in total. The van der Waals surface area contributed by atoms with Gasteiger partial charge in [0.25, 0.3) is 11.8 Å². The van der Waals surface area contributed by atoms with Crippen LogP contribution in [0.15, 0.2) is 72.8 Å². The number of nitrogens with two attached hydrogens (primary N) is 2. The van der Waals surface area contributed by atoms with Crippen LogP contribution in [0, 0.1) is 0 Å². The summed E-state index contributed by atoms with van der Waals surface area (Å²) in [6.45, 7) is 0. The molecule has 0 spiro atoms. The van der Waals surface area contributed by atoms with E-state index < -0.39 is 57.9 Å². The molecule has 0 aliphatic rings. The number of nitrogen functional groups attached to an aromatic ring is 2. The van der Waals surface area contributed by atoms with Crippen LogP contribution in [0.25, 0.3) is 11.1 Å². The number of phenols is 2. The van der Waals surface area contributed by atoms with Crippen LogP contribution in [0.5, 0.6) is 11.5 Å². The molecule has 42 heavy (non-hydrogen) atoms. The Labute approximate surface area is 233 Å². The lowest BCUT2D eigenvalue weighted by molar-refractivity contribution is -0.139. The van der Waals surface area contributed by atoms with E-state index in [4.69, 9.17) is 11.5 Å². The second-order valence-electron chi connectivity index (χ2n) is 8.97. The van der Waals surface area contributed by atoms with Gasteiger partial charge in [0.15, 0.2) is 0 Å². The summed E-state index contributed by atoms with van der Waals surface area (Å²) in [4.78, 5) is 25.0. The Morgan fingerprint density at radius 1 is 0.571 bits per heavy atom. The SMILES string of the molecule is Nc1ccc(C(=O)Nc2ccc(-c3ccc(NC(=O)c4ccc(N)c(O)c4)cc3C(F)(F)F)c(C(F)(F)F)c2)cc1O. The van der Waals surface area contributed by atoms with Gasteiger partial charge >= 0.3 is 12.4 Å². The molecule has 0 atom stereocenters. The highest BCUT2D eigenvalue weighted by atomic mass is 19.4. The van der Waals surface area contributed by atoms with E-state index >= 15 is 0 Å². The number of hydrogen-bond donors (Lipinski definition) is 6. The molecule has 0 saturated carbocycles. The number of anilines is 4. The van der Waals surface area contributed by atoms with Gasteiger partial charge in [0.05, 0.1) is 22.5 Å². The molecule has 0 unspecified atom stereocenters. The van der Waals surface area contributed by atoms with E-state index in [1.807, 2.05) is 0 Å². The van der Waals surface area contributed by atoms with E-state index in [2.05, 4.69) is 10.6 Å². The smallest absolute Gasteiger partial charge is 0.417 e. The molecule has 0 aliphatic heterocycles. The first-order valence-electron chi connectivity index (χ1n) is 11.8. The number of nitrogens with one attached hydrogen (secondary N) is 2. The van der Waals surface area contributed by atoms with Crippen molar-refractivity contribution in [2.45, 2.75) is 12.4 Å². The standard InChI is InChI=1S/C28H20F6N4O4/c29-27(30,31)19-11-15(37-25(41)13-1-7-21(35)23(39)9-13)3-5-17(19)18-6-4-16(12-20(18)28(32,33)34)38-26(42)14-2-8-22(36)24(40)10-14/h1-12,39-40H,35-36H2,(H,37,41)(H,38,42). The summed E-state index contributed by atoms with van der Waals surface area (Å²) >= 11 is 0. The highest BCUT2D eigenvalue weighted by molar-refractivity contribution is 6.06. The maximum absolute atomic E-state index is 14.1. The fourth-order valence-corrected chi connectivity index (χ4v) is 3.96. The van der Waals surface area contributed by atoms with Gasteiger partial charge in [0.1, 0.15) is 11.5 Å². The van der Waals surface area contributed by atoms with Crippen LogP contribution in [0.1, 0.15) is 31.8 Å². The van der Waals surface area contributed by atoms with Gasteiger partial charge in [-0.2, -0.15) is 26.3 Å².